The van der Waals surface area contributed by atoms with E-state index >= 15 is 0 Å². The van der Waals surface area contributed by atoms with Gasteiger partial charge in [0, 0.05) is 24.5 Å². The summed E-state index contributed by atoms with van der Waals surface area (Å²) < 4.78 is 13.7. The third-order valence-corrected chi connectivity index (χ3v) is 7.58. The zero-order valence-electron chi connectivity index (χ0n) is 15.2. The Morgan fingerprint density at radius 1 is 1.32 bits per heavy atom. The number of carbonyl (C=O) groups excluding carboxylic acids is 1. The predicted octanol–water partition coefficient (Wildman–Crippen LogP) is 4.42. The molecule has 0 saturated heterocycles. The van der Waals surface area contributed by atoms with Crippen LogP contribution in [-0.2, 0) is 24.3 Å². The molecule has 1 atom stereocenters. The van der Waals surface area contributed by atoms with Crippen LogP contribution in [0.2, 0.25) is 0 Å². The molecule has 0 aliphatic carbocycles. The first kappa shape index (κ1) is 19.4. The van der Waals surface area contributed by atoms with Crippen molar-refractivity contribution in [3.8, 4) is 0 Å². The third kappa shape index (κ3) is 4.53. The Kier molecular flexibility index (Phi) is 5.93. The molecule has 0 radical (unpaired) electrons. The average Bonchev–Trinajstić information content (AvgIpc) is 3.35. The SMILES string of the molecule is CC(Sc1nnc(NCc2ccc(F)cc2)s1)C(=O)N1CCc2sccc2C1. The van der Waals surface area contributed by atoms with Crippen LogP contribution in [0.4, 0.5) is 9.52 Å². The topological polar surface area (TPSA) is 58.1 Å². The van der Waals surface area contributed by atoms with Gasteiger partial charge in [0.25, 0.3) is 0 Å². The lowest BCUT2D eigenvalue weighted by molar-refractivity contribution is -0.131. The Bertz CT molecular complexity index is 956. The van der Waals surface area contributed by atoms with Crippen LogP contribution >= 0.6 is 34.4 Å². The highest BCUT2D eigenvalue weighted by atomic mass is 32.2. The number of amides is 1. The number of halogens is 1. The number of thioether (sulfide) groups is 1. The minimum atomic E-state index is -0.249. The van der Waals surface area contributed by atoms with Gasteiger partial charge in [-0.15, -0.1) is 21.5 Å². The average molecular weight is 435 g/mol. The van der Waals surface area contributed by atoms with Crippen LogP contribution in [0.5, 0.6) is 0 Å². The van der Waals surface area contributed by atoms with E-state index in [4.69, 9.17) is 0 Å². The Balaban J connectivity index is 1.30. The third-order valence-electron chi connectivity index (χ3n) is 4.51. The maximum atomic E-state index is 13.0. The minimum absolute atomic E-state index is 0.137. The molecule has 9 heteroatoms. The lowest BCUT2D eigenvalue weighted by atomic mass is 10.1. The molecule has 2 aromatic heterocycles. The fraction of sp³-hybridized carbons (Fsp3) is 0.316. The van der Waals surface area contributed by atoms with E-state index in [1.807, 2.05) is 11.8 Å². The predicted molar refractivity (Wildman–Crippen MR) is 112 cm³/mol. The second kappa shape index (κ2) is 8.59. The summed E-state index contributed by atoms with van der Waals surface area (Å²) in [6.07, 6.45) is 0.937. The first-order chi connectivity index (χ1) is 13.6. The molecular weight excluding hydrogens is 415 g/mol. The number of nitrogens with one attached hydrogen (secondary N) is 1. The first-order valence-corrected chi connectivity index (χ1v) is 11.5. The minimum Gasteiger partial charge on any atom is -0.356 e. The number of hydrogen-bond donors (Lipinski definition) is 1. The van der Waals surface area contributed by atoms with Crippen molar-refractivity contribution in [1.29, 1.82) is 0 Å². The molecule has 0 saturated carbocycles. The van der Waals surface area contributed by atoms with Crippen LogP contribution in [0.1, 0.15) is 22.9 Å². The largest absolute Gasteiger partial charge is 0.356 e. The fourth-order valence-electron chi connectivity index (χ4n) is 3.00. The molecular formula is C19H19FN4OS3. The van der Waals surface area contributed by atoms with Gasteiger partial charge in [0.2, 0.25) is 11.0 Å². The second-order valence-corrected chi connectivity index (χ2v) is 10.1. The molecule has 1 aliphatic rings. The maximum Gasteiger partial charge on any atom is 0.236 e. The quantitative estimate of drug-likeness (QED) is 0.582. The summed E-state index contributed by atoms with van der Waals surface area (Å²) in [7, 11) is 0. The molecule has 146 valence electrons. The van der Waals surface area contributed by atoms with Crippen molar-refractivity contribution in [2.24, 2.45) is 0 Å². The Labute approximate surface area is 175 Å². The smallest absolute Gasteiger partial charge is 0.236 e. The van der Waals surface area contributed by atoms with E-state index in [0.29, 0.717) is 18.2 Å². The van der Waals surface area contributed by atoms with Gasteiger partial charge in [-0.1, -0.05) is 35.2 Å². The van der Waals surface area contributed by atoms with Gasteiger partial charge in [0.05, 0.1) is 5.25 Å². The number of anilines is 1. The van der Waals surface area contributed by atoms with Crippen LogP contribution in [-0.4, -0.2) is 32.8 Å². The summed E-state index contributed by atoms with van der Waals surface area (Å²) in [5.41, 5.74) is 2.23. The van der Waals surface area contributed by atoms with E-state index in [0.717, 1.165) is 22.9 Å². The highest BCUT2D eigenvalue weighted by molar-refractivity contribution is 8.02. The van der Waals surface area contributed by atoms with Gasteiger partial charge in [-0.3, -0.25) is 4.79 Å². The molecule has 4 rings (SSSR count). The van der Waals surface area contributed by atoms with Gasteiger partial charge in [-0.2, -0.15) is 0 Å². The molecule has 1 aliphatic heterocycles. The summed E-state index contributed by atoms with van der Waals surface area (Å²) in [5, 5.41) is 14.1. The second-order valence-electron chi connectivity index (χ2n) is 6.49. The number of thiophene rings is 1. The monoisotopic (exact) mass is 434 g/mol. The molecule has 0 spiro atoms. The molecule has 1 aromatic carbocycles. The number of benzene rings is 1. The van der Waals surface area contributed by atoms with E-state index in [2.05, 4.69) is 27.0 Å². The van der Waals surface area contributed by atoms with Gasteiger partial charge in [-0.05, 0) is 48.1 Å². The standard InChI is InChI=1S/C19H19FN4OS3/c1-12(17(25)24-8-6-16-14(11-24)7-9-26-16)27-19-23-22-18(28-19)21-10-13-2-4-15(20)5-3-13/h2-5,7,9,12H,6,8,10-11H2,1H3,(H,21,22). The van der Waals surface area contributed by atoms with Crippen LogP contribution in [0.3, 0.4) is 0 Å². The van der Waals surface area contributed by atoms with Crippen LogP contribution in [0, 0.1) is 5.82 Å². The van der Waals surface area contributed by atoms with Crippen LogP contribution in [0.15, 0.2) is 40.1 Å². The van der Waals surface area contributed by atoms with Gasteiger partial charge in [0.1, 0.15) is 5.82 Å². The molecule has 1 unspecified atom stereocenters. The summed E-state index contributed by atoms with van der Waals surface area (Å²) in [6, 6.07) is 8.45. The number of aromatic nitrogens is 2. The van der Waals surface area contributed by atoms with Crippen molar-refractivity contribution >= 4 is 45.5 Å². The number of hydrogen-bond acceptors (Lipinski definition) is 7. The summed E-state index contributed by atoms with van der Waals surface area (Å²) in [5.74, 6) is -0.112. The highest BCUT2D eigenvalue weighted by Crippen LogP contribution is 2.31. The van der Waals surface area contributed by atoms with Crippen molar-refractivity contribution in [2.45, 2.75) is 36.0 Å². The number of fused-ring (bicyclic) bond motifs is 1. The molecule has 3 aromatic rings. The van der Waals surface area contributed by atoms with Gasteiger partial charge in [0.15, 0.2) is 4.34 Å². The van der Waals surface area contributed by atoms with E-state index in [-0.39, 0.29) is 17.0 Å². The zero-order chi connectivity index (χ0) is 19.5. The number of nitrogens with zero attached hydrogens (tertiary/aromatic N) is 3. The maximum absolute atomic E-state index is 13.0. The fourth-order valence-corrected chi connectivity index (χ4v) is 5.87. The molecule has 3 heterocycles. The zero-order valence-corrected chi connectivity index (χ0v) is 17.7. The summed E-state index contributed by atoms with van der Waals surface area (Å²) in [4.78, 5) is 16.1. The van der Waals surface area contributed by atoms with Crippen molar-refractivity contribution in [1.82, 2.24) is 15.1 Å². The van der Waals surface area contributed by atoms with E-state index in [1.165, 1.54) is 45.7 Å². The molecule has 0 bridgehead atoms. The Hall–Kier alpha value is -1.97. The molecule has 5 nitrogen and oxygen atoms in total. The van der Waals surface area contributed by atoms with Crippen molar-refractivity contribution in [3.63, 3.8) is 0 Å². The van der Waals surface area contributed by atoms with Crippen molar-refractivity contribution in [2.75, 3.05) is 11.9 Å². The van der Waals surface area contributed by atoms with E-state index in [9.17, 15) is 9.18 Å². The normalized spacial score (nSPS) is 14.6. The van der Waals surface area contributed by atoms with Crippen molar-refractivity contribution in [3.05, 3.63) is 57.5 Å². The number of rotatable bonds is 6. The lowest BCUT2D eigenvalue weighted by Crippen LogP contribution is -2.39. The first-order valence-electron chi connectivity index (χ1n) is 8.91. The van der Waals surface area contributed by atoms with Gasteiger partial charge >= 0.3 is 0 Å². The molecule has 28 heavy (non-hydrogen) atoms. The highest BCUT2D eigenvalue weighted by Gasteiger charge is 2.26. The van der Waals surface area contributed by atoms with Gasteiger partial charge < -0.3 is 10.2 Å². The lowest BCUT2D eigenvalue weighted by Gasteiger charge is -2.28. The van der Waals surface area contributed by atoms with Crippen molar-refractivity contribution < 1.29 is 9.18 Å². The van der Waals surface area contributed by atoms with Crippen LogP contribution < -0.4 is 5.32 Å². The number of carbonyl (C=O) groups is 1. The summed E-state index contributed by atoms with van der Waals surface area (Å²) in [6.45, 7) is 3.94. The Morgan fingerprint density at radius 2 is 2.14 bits per heavy atom. The van der Waals surface area contributed by atoms with Gasteiger partial charge in [-0.25, -0.2) is 4.39 Å². The molecule has 1 amide bonds. The van der Waals surface area contributed by atoms with E-state index < -0.39 is 0 Å². The molecule has 0 fully saturated rings. The summed E-state index contributed by atoms with van der Waals surface area (Å²) >= 11 is 4.64. The van der Waals surface area contributed by atoms with Crippen LogP contribution in [0.25, 0.3) is 0 Å². The van der Waals surface area contributed by atoms with E-state index in [1.54, 1.807) is 23.5 Å². The Morgan fingerprint density at radius 3 is 2.96 bits per heavy atom. The molecule has 1 N–H and O–H groups in total.